The molecule has 0 saturated carbocycles. The Bertz CT molecular complexity index is 1180. The Labute approximate surface area is 196 Å². The van der Waals surface area contributed by atoms with Crippen LogP contribution >= 0.6 is 23.4 Å². The molecule has 1 heterocycles. The van der Waals surface area contributed by atoms with E-state index in [0.717, 1.165) is 11.1 Å². The third kappa shape index (κ3) is 5.52. The lowest BCUT2D eigenvalue weighted by Gasteiger charge is -2.13. The molecule has 1 fully saturated rings. The van der Waals surface area contributed by atoms with Crippen LogP contribution in [-0.4, -0.2) is 17.7 Å². The highest BCUT2D eigenvalue weighted by Crippen LogP contribution is 2.33. The summed E-state index contributed by atoms with van der Waals surface area (Å²) in [7, 11) is 0. The highest BCUT2D eigenvalue weighted by Gasteiger charge is 2.24. The topological polar surface area (TPSA) is 59.9 Å². The minimum absolute atomic E-state index is 0.205. The molecule has 0 unspecified atom stereocenters. The van der Waals surface area contributed by atoms with Crippen LogP contribution in [-0.2, 0) is 11.4 Å². The first-order valence-corrected chi connectivity index (χ1v) is 11.3. The maximum absolute atomic E-state index is 12.4. The standard InChI is InChI=1S/C25H21ClN2O3S/c1-2-30-22-14-18(12-13-21(22)31-16-17-8-4-3-5-9-17)15-23-24(29)28-25(32-23)27-20-11-7-6-10-19(20)26/h3-15H,2,16H2,1H3,(H,27,28,29)/b23-15-. The lowest BCUT2D eigenvalue weighted by atomic mass is 10.2. The number of hydrogen-bond donors (Lipinski definition) is 1. The number of nitrogens with one attached hydrogen (secondary N) is 1. The Morgan fingerprint density at radius 2 is 1.78 bits per heavy atom. The van der Waals surface area contributed by atoms with Crippen molar-refractivity contribution in [3.63, 3.8) is 0 Å². The molecule has 0 bridgehead atoms. The first-order chi connectivity index (χ1) is 15.6. The molecule has 0 atom stereocenters. The Morgan fingerprint density at radius 1 is 1.00 bits per heavy atom. The highest BCUT2D eigenvalue weighted by molar-refractivity contribution is 8.18. The van der Waals surface area contributed by atoms with Crippen molar-refractivity contribution >= 4 is 46.2 Å². The first kappa shape index (κ1) is 22.0. The molecule has 4 rings (SSSR count). The molecular weight excluding hydrogens is 444 g/mol. The summed E-state index contributed by atoms with van der Waals surface area (Å²) in [6.07, 6.45) is 1.80. The second-order valence-electron chi connectivity index (χ2n) is 6.85. The molecule has 1 aliphatic rings. The zero-order chi connectivity index (χ0) is 22.3. The summed E-state index contributed by atoms with van der Waals surface area (Å²) in [6.45, 7) is 2.87. The van der Waals surface area contributed by atoms with E-state index in [1.807, 2.05) is 67.6 Å². The van der Waals surface area contributed by atoms with E-state index in [2.05, 4.69) is 10.3 Å². The van der Waals surface area contributed by atoms with Crippen molar-refractivity contribution in [3.05, 3.63) is 93.9 Å². The highest BCUT2D eigenvalue weighted by atomic mass is 35.5. The van der Waals surface area contributed by atoms with Crippen molar-refractivity contribution in [2.75, 3.05) is 6.61 Å². The lowest BCUT2D eigenvalue weighted by molar-refractivity contribution is -0.115. The molecule has 3 aromatic rings. The number of para-hydroxylation sites is 1. The predicted octanol–water partition coefficient (Wildman–Crippen LogP) is 6.21. The number of amides is 1. The minimum Gasteiger partial charge on any atom is -0.490 e. The molecule has 7 heteroatoms. The zero-order valence-electron chi connectivity index (χ0n) is 17.4. The quantitative estimate of drug-likeness (QED) is 0.422. The van der Waals surface area contributed by atoms with E-state index in [1.165, 1.54) is 11.8 Å². The van der Waals surface area contributed by atoms with Crippen LogP contribution in [0.3, 0.4) is 0 Å². The van der Waals surface area contributed by atoms with Crippen LogP contribution in [0.25, 0.3) is 6.08 Å². The van der Waals surface area contributed by atoms with Crippen LogP contribution in [0.5, 0.6) is 11.5 Å². The van der Waals surface area contributed by atoms with Crippen LogP contribution in [0.2, 0.25) is 5.02 Å². The number of thioether (sulfide) groups is 1. The Morgan fingerprint density at radius 3 is 2.56 bits per heavy atom. The third-order valence-electron chi connectivity index (χ3n) is 4.53. The van der Waals surface area contributed by atoms with Crippen molar-refractivity contribution in [1.82, 2.24) is 5.32 Å². The molecule has 5 nitrogen and oxygen atoms in total. The Hall–Kier alpha value is -3.22. The number of nitrogens with zero attached hydrogens (tertiary/aromatic N) is 1. The number of carbonyl (C=O) groups is 1. The number of hydrogen-bond acceptors (Lipinski definition) is 5. The summed E-state index contributed by atoms with van der Waals surface area (Å²) in [5.74, 6) is 1.08. The van der Waals surface area contributed by atoms with Gasteiger partial charge in [-0.25, -0.2) is 4.99 Å². The van der Waals surface area contributed by atoms with E-state index in [0.29, 0.717) is 45.5 Å². The molecule has 3 aromatic carbocycles. The second-order valence-corrected chi connectivity index (χ2v) is 8.28. The van der Waals surface area contributed by atoms with Crippen LogP contribution in [0.15, 0.2) is 82.7 Å². The summed E-state index contributed by atoms with van der Waals surface area (Å²) in [6, 6.07) is 22.8. The van der Waals surface area contributed by atoms with Crippen molar-refractivity contribution in [2.45, 2.75) is 13.5 Å². The average Bonchev–Trinajstić information content (AvgIpc) is 3.14. The number of benzene rings is 3. The van der Waals surface area contributed by atoms with Crippen LogP contribution < -0.4 is 14.8 Å². The van der Waals surface area contributed by atoms with Crippen molar-refractivity contribution in [1.29, 1.82) is 0 Å². The third-order valence-corrected chi connectivity index (χ3v) is 5.76. The number of rotatable bonds is 7. The van der Waals surface area contributed by atoms with Gasteiger partial charge in [0.2, 0.25) is 0 Å². The SMILES string of the molecule is CCOc1cc(/C=C2\SC(=Nc3ccccc3Cl)NC2=O)ccc1OCc1ccccc1. The van der Waals surface area contributed by atoms with Gasteiger partial charge in [-0.05, 0) is 60.2 Å². The van der Waals surface area contributed by atoms with Crippen LogP contribution in [0, 0.1) is 0 Å². The summed E-state index contributed by atoms with van der Waals surface area (Å²) in [5.41, 5.74) is 2.51. The van der Waals surface area contributed by atoms with E-state index in [-0.39, 0.29) is 5.91 Å². The smallest absolute Gasteiger partial charge is 0.264 e. The zero-order valence-corrected chi connectivity index (χ0v) is 19.0. The van der Waals surface area contributed by atoms with Crippen molar-refractivity contribution in [2.24, 2.45) is 4.99 Å². The van der Waals surface area contributed by atoms with Gasteiger partial charge in [0.25, 0.3) is 5.91 Å². The fourth-order valence-electron chi connectivity index (χ4n) is 3.02. The summed E-state index contributed by atoms with van der Waals surface area (Å²) in [4.78, 5) is 17.4. The molecule has 0 aromatic heterocycles. The first-order valence-electron chi connectivity index (χ1n) is 10.1. The number of aliphatic imine (C=N–C) groups is 1. The van der Waals surface area contributed by atoms with Crippen molar-refractivity contribution in [3.8, 4) is 11.5 Å². The number of amidine groups is 1. The van der Waals surface area contributed by atoms with Gasteiger partial charge in [-0.2, -0.15) is 0 Å². The second kappa shape index (κ2) is 10.4. The maximum Gasteiger partial charge on any atom is 0.264 e. The van der Waals surface area contributed by atoms with E-state index in [9.17, 15) is 4.79 Å². The molecule has 162 valence electrons. The molecule has 1 N–H and O–H groups in total. The van der Waals surface area contributed by atoms with Gasteiger partial charge in [0.15, 0.2) is 16.7 Å². The summed E-state index contributed by atoms with van der Waals surface area (Å²) >= 11 is 7.43. The van der Waals surface area contributed by atoms with E-state index in [4.69, 9.17) is 21.1 Å². The largest absolute Gasteiger partial charge is 0.490 e. The fourth-order valence-corrected chi connectivity index (χ4v) is 4.03. The molecule has 1 amide bonds. The van der Waals surface area contributed by atoms with Gasteiger partial charge in [-0.15, -0.1) is 0 Å². The predicted molar refractivity (Wildman–Crippen MR) is 131 cm³/mol. The van der Waals surface area contributed by atoms with Gasteiger partial charge in [0.1, 0.15) is 6.61 Å². The maximum atomic E-state index is 12.4. The van der Waals surface area contributed by atoms with Gasteiger partial charge in [0, 0.05) is 0 Å². The van der Waals surface area contributed by atoms with Gasteiger partial charge < -0.3 is 14.8 Å². The van der Waals surface area contributed by atoms with Gasteiger partial charge >= 0.3 is 0 Å². The summed E-state index contributed by atoms with van der Waals surface area (Å²) < 4.78 is 11.7. The molecular formula is C25H21ClN2O3S. The lowest BCUT2D eigenvalue weighted by Crippen LogP contribution is -2.19. The number of ether oxygens (including phenoxy) is 2. The molecule has 1 aliphatic heterocycles. The monoisotopic (exact) mass is 464 g/mol. The van der Waals surface area contributed by atoms with E-state index in [1.54, 1.807) is 18.2 Å². The van der Waals surface area contributed by atoms with Crippen molar-refractivity contribution < 1.29 is 14.3 Å². The number of carbonyl (C=O) groups excluding carboxylic acids is 1. The average molecular weight is 465 g/mol. The molecule has 1 saturated heterocycles. The van der Waals surface area contributed by atoms with Gasteiger partial charge in [-0.1, -0.05) is 60.1 Å². The van der Waals surface area contributed by atoms with Crippen LogP contribution in [0.1, 0.15) is 18.1 Å². The molecule has 0 radical (unpaired) electrons. The van der Waals surface area contributed by atoms with E-state index >= 15 is 0 Å². The van der Waals surface area contributed by atoms with Crippen LogP contribution in [0.4, 0.5) is 5.69 Å². The normalized spacial score (nSPS) is 15.8. The van der Waals surface area contributed by atoms with Gasteiger partial charge in [-0.3, -0.25) is 4.79 Å². The van der Waals surface area contributed by atoms with E-state index < -0.39 is 0 Å². The minimum atomic E-state index is -0.205. The molecule has 32 heavy (non-hydrogen) atoms. The molecule has 0 spiro atoms. The fraction of sp³-hybridized carbons (Fsp3) is 0.120. The Kier molecular flexibility index (Phi) is 7.14. The Balaban J connectivity index is 1.52. The summed E-state index contributed by atoms with van der Waals surface area (Å²) in [5, 5.41) is 3.80. The van der Waals surface area contributed by atoms with Gasteiger partial charge in [0.05, 0.1) is 22.2 Å². The molecule has 0 aliphatic carbocycles. The number of halogens is 1.